The topological polar surface area (TPSA) is 48.1 Å². The molecule has 0 spiro atoms. The molecule has 2 aromatic rings. The standard InChI is InChI=1S/C16H19ClN2O/c1-3-14(18)8-12-5-6-13(17)9-16(12)20-15-7-4-11(2)19-10-15/h4-7,9-10,14H,3,8,18H2,1-2H3. The van der Waals surface area contributed by atoms with Gasteiger partial charge in [-0.15, -0.1) is 0 Å². The van der Waals surface area contributed by atoms with E-state index in [1.165, 1.54) is 0 Å². The lowest BCUT2D eigenvalue weighted by atomic mass is 10.0. The maximum Gasteiger partial charge on any atom is 0.145 e. The Labute approximate surface area is 124 Å². The highest BCUT2D eigenvalue weighted by Gasteiger charge is 2.10. The third kappa shape index (κ3) is 3.95. The van der Waals surface area contributed by atoms with Gasteiger partial charge in [-0.3, -0.25) is 4.98 Å². The molecule has 3 nitrogen and oxygen atoms in total. The van der Waals surface area contributed by atoms with E-state index in [1.807, 2.05) is 37.3 Å². The van der Waals surface area contributed by atoms with E-state index >= 15 is 0 Å². The Kier molecular flexibility index (Phi) is 4.99. The van der Waals surface area contributed by atoms with Crippen LogP contribution in [0, 0.1) is 6.92 Å². The summed E-state index contributed by atoms with van der Waals surface area (Å²) in [4.78, 5) is 4.22. The van der Waals surface area contributed by atoms with Gasteiger partial charge in [0.1, 0.15) is 11.5 Å². The second kappa shape index (κ2) is 6.73. The van der Waals surface area contributed by atoms with Crippen molar-refractivity contribution in [3.05, 3.63) is 52.8 Å². The minimum Gasteiger partial charge on any atom is -0.455 e. The fraction of sp³-hybridized carbons (Fsp3) is 0.312. The van der Waals surface area contributed by atoms with Crippen molar-refractivity contribution >= 4 is 11.6 Å². The van der Waals surface area contributed by atoms with Crippen LogP contribution in [0.15, 0.2) is 36.5 Å². The van der Waals surface area contributed by atoms with E-state index in [0.29, 0.717) is 10.8 Å². The average molecular weight is 291 g/mol. The van der Waals surface area contributed by atoms with E-state index in [0.717, 1.165) is 29.8 Å². The fourth-order valence-electron chi connectivity index (χ4n) is 1.86. The van der Waals surface area contributed by atoms with Gasteiger partial charge in [0.25, 0.3) is 0 Å². The van der Waals surface area contributed by atoms with E-state index in [-0.39, 0.29) is 6.04 Å². The van der Waals surface area contributed by atoms with Crippen molar-refractivity contribution in [2.45, 2.75) is 32.7 Å². The van der Waals surface area contributed by atoms with E-state index in [4.69, 9.17) is 22.1 Å². The summed E-state index contributed by atoms with van der Waals surface area (Å²) in [6, 6.07) is 9.58. The lowest BCUT2D eigenvalue weighted by Gasteiger charge is -2.14. The number of halogens is 1. The normalized spacial score (nSPS) is 12.2. The van der Waals surface area contributed by atoms with Crippen LogP contribution in [0.4, 0.5) is 0 Å². The zero-order chi connectivity index (χ0) is 14.5. The molecule has 106 valence electrons. The molecule has 2 N–H and O–H groups in total. The first kappa shape index (κ1) is 14.8. The smallest absolute Gasteiger partial charge is 0.145 e. The summed E-state index contributed by atoms with van der Waals surface area (Å²) in [5.41, 5.74) is 8.04. The molecule has 1 atom stereocenters. The molecule has 0 saturated carbocycles. The summed E-state index contributed by atoms with van der Waals surface area (Å²) in [5.74, 6) is 1.44. The molecule has 4 heteroatoms. The second-order valence-electron chi connectivity index (χ2n) is 4.86. The van der Waals surface area contributed by atoms with E-state index in [9.17, 15) is 0 Å². The lowest BCUT2D eigenvalue weighted by Crippen LogP contribution is -2.21. The monoisotopic (exact) mass is 290 g/mol. The van der Waals surface area contributed by atoms with Gasteiger partial charge in [0.15, 0.2) is 0 Å². The van der Waals surface area contributed by atoms with Crippen LogP contribution in [-0.4, -0.2) is 11.0 Å². The molecule has 0 saturated heterocycles. The molecule has 1 aromatic heterocycles. The van der Waals surface area contributed by atoms with Crippen molar-refractivity contribution in [3.63, 3.8) is 0 Å². The lowest BCUT2D eigenvalue weighted by molar-refractivity contribution is 0.469. The van der Waals surface area contributed by atoms with Crippen LogP contribution in [0.3, 0.4) is 0 Å². The molecule has 0 aliphatic rings. The van der Waals surface area contributed by atoms with Gasteiger partial charge >= 0.3 is 0 Å². The van der Waals surface area contributed by atoms with Crippen molar-refractivity contribution in [1.82, 2.24) is 4.98 Å². The fourth-order valence-corrected chi connectivity index (χ4v) is 2.02. The Balaban J connectivity index is 2.24. The van der Waals surface area contributed by atoms with Gasteiger partial charge in [-0.05, 0) is 49.6 Å². The highest BCUT2D eigenvalue weighted by Crippen LogP contribution is 2.29. The third-order valence-electron chi connectivity index (χ3n) is 3.15. The van der Waals surface area contributed by atoms with Crippen molar-refractivity contribution < 1.29 is 4.74 Å². The Morgan fingerprint density at radius 3 is 2.75 bits per heavy atom. The van der Waals surface area contributed by atoms with Crippen LogP contribution >= 0.6 is 11.6 Å². The number of rotatable bonds is 5. The Hall–Kier alpha value is -1.58. The number of aryl methyl sites for hydroxylation is 1. The summed E-state index contributed by atoms with van der Waals surface area (Å²) in [5, 5.41) is 0.647. The number of aromatic nitrogens is 1. The molecular weight excluding hydrogens is 272 g/mol. The average Bonchev–Trinajstić information content (AvgIpc) is 2.44. The summed E-state index contributed by atoms with van der Waals surface area (Å²) in [6.45, 7) is 4.01. The van der Waals surface area contributed by atoms with Crippen molar-refractivity contribution in [2.75, 3.05) is 0 Å². The molecule has 0 amide bonds. The minimum atomic E-state index is 0.120. The molecule has 20 heavy (non-hydrogen) atoms. The summed E-state index contributed by atoms with van der Waals surface area (Å²) >= 11 is 6.05. The van der Waals surface area contributed by atoms with Gasteiger partial charge in [-0.25, -0.2) is 0 Å². The van der Waals surface area contributed by atoms with Crippen LogP contribution in [0.1, 0.15) is 24.6 Å². The molecule has 0 aliphatic carbocycles. The number of benzene rings is 1. The quantitative estimate of drug-likeness (QED) is 0.901. The summed E-state index contributed by atoms with van der Waals surface area (Å²) in [7, 11) is 0. The highest BCUT2D eigenvalue weighted by molar-refractivity contribution is 6.30. The van der Waals surface area contributed by atoms with E-state index < -0.39 is 0 Å². The predicted molar refractivity (Wildman–Crippen MR) is 82.5 cm³/mol. The van der Waals surface area contributed by atoms with Crippen molar-refractivity contribution in [3.8, 4) is 11.5 Å². The molecule has 1 unspecified atom stereocenters. The number of pyridine rings is 1. The first-order valence-corrected chi connectivity index (χ1v) is 7.10. The number of nitrogens with two attached hydrogens (primary N) is 1. The molecule has 1 aromatic carbocycles. The van der Waals surface area contributed by atoms with Crippen molar-refractivity contribution in [1.29, 1.82) is 0 Å². The first-order valence-electron chi connectivity index (χ1n) is 6.73. The van der Waals surface area contributed by atoms with Gasteiger partial charge in [-0.1, -0.05) is 24.6 Å². The van der Waals surface area contributed by atoms with Crippen LogP contribution in [-0.2, 0) is 6.42 Å². The summed E-state index contributed by atoms with van der Waals surface area (Å²) < 4.78 is 5.89. The number of ether oxygens (including phenoxy) is 1. The summed E-state index contributed by atoms with van der Waals surface area (Å²) in [6.07, 6.45) is 3.40. The Morgan fingerprint density at radius 1 is 1.30 bits per heavy atom. The maximum absolute atomic E-state index is 6.05. The van der Waals surface area contributed by atoms with Gasteiger partial charge in [0.2, 0.25) is 0 Å². The molecular formula is C16H19ClN2O. The molecule has 1 heterocycles. The van der Waals surface area contributed by atoms with Crippen LogP contribution in [0.2, 0.25) is 5.02 Å². The van der Waals surface area contributed by atoms with E-state index in [1.54, 1.807) is 6.20 Å². The van der Waals surface area contributed by atoms with Gasteiger partial charge in [-0.2, -0.15) is 0 Å². The first-order chi connectivity index (χ1) is 9.58. The Bertz CT molecular complexity index is 569. The predicted octanol–water partition coefficient (Wildman–Crippen LogP) is 4.12. The molecule has 0 fully saturated rings. The zero-order valence-electron chi connectivity index (χ0n) is 11.8. The van der Waals surface area contributed by atoms with Crippen LogP contribution in [0.5, 0.6) is 11.5 Å². The largest absolute Gasteiger partial charge is 0.455 e. The molecule has 2 rings (SSSR count). The zero-order valence-corrected chi connectivity index (χ0v) is 12.5. The van der Waals surface area contributed by atoms with E-state index in [2.05, 4.69) is 11.9 Å². The van der Waals surface area contributed by atoms with Crippen LogP contribution < -0.4 is 10.5 Å². The highest BCUT2D eigenvalue weighted by atomic mass is 35.5. The van der Waals surface area contributed by atoms with Crippen molar-refractivity contribution in [2.24, 2.45) is 5.73 Å². The van der Waals surface area contributed by atoms with Gasteiger partial charge in [0.05, 0.1) is 6.20 Å². The minimum absolute atomic E-state index is 0.120. The maximum atomic E-state index is 6.05. The number of hydrogen-bond acceptors (Lipinski definition) is 3. The SMILES string of the molecule is CCC(N)Cc1ccc(Cl)cc1Oc1ccc(C)nc1. The second-order valence-corrected chi connectivity index (χ2v) is 5.30. The number of hydrogen-bond donors (Lipinski definition) is 1. The number of nitrogens with zero attached hydrogens (tertiary/aromatic N) is 1. The Morgan fingerprint density at radius 2 is 2.10 bits per heavy atom. The third-order valence-corrected chi connectivity index (χ3v) is 3.38. The molecule has 0 bridgehead atoms. The van der Waals surface area contributed by atoms with Crippen LogP contribution in [0.25, 0.3) is 0 Å². The van der Waals surface area contributed by atoms with Gasteiger partial charge < -0.3 is 10.5 Å². The molecule has 0 aliphatic heterocycles. The van der Waals surface area contributed by atoms with Gasteiger partial charge in [0, 0.05) is 16.8 Å². The molecule has 0 radical (unpaired) electrons.